The first kappa shape index (κ1) is 8.75. The predicted molar refractivity (Wildman–Crippen MR) is 44.2 cm³/mol. The van der Waals surface area contributed by atoms with Crippen molar-refractivity contribution < 1.29 is 10.2 Å². The highest BCUT2D eigenvalue weighted by Gasteiger charge is 2.34. The van der Waals surface area contributed by atoms with Crippen LogP contribution in [0, 0.1) is 0 Å². The van der Waals surface area contributed by atoms with Gasteiger partial charge in [0.05, 0.1) is 6.10 Å². The summed E-state index contributed by atoms with van der Waals surface area (Å²) in [4.78, 5) is 0. The van der Waals surface area contributed by atoms with Crippen molar-refractivity contribution in [2.75, 3.05) is 0 Å². The van der Waals surface area contributed by atoms with Gasteiger partial charge in [-0.25, -0.2) is 0 Å². The lowest BCUT2D eigenvalue weighted by Gasteiger charge is -2.34. The van der Waals surface area contributed by atoms with Crippen LogP contribution in [0.15, 0.2) is 12.2 Å². The van der Waals surface area contributed by atoms with Crippen molar-refractivity contribution >= 4 is 0 Å². The van der Waals surface area contributed by atoms with E-state index in [1.54, 1.807) is 12.2 Å². The predicted octanol–water partition coefficient (Wildman–Crippen LogP) is 1.23. The van der Waals surface area contributed by atoms with Crippen LogP contribution in [-0.4, -0.2) is 21.9 Å². The molecule has 64 valence electrons. The Bertz CT molecular complexity index is 154. The summed E-state index contributed by atoms with van der Waals surface area (Å²) < 4.78 is 0. The highest BCUT2D eigenvalue weighted by Crippen LogP contribution is 2.29. The Hall–Kier alpha value is -0.340. The minimum absolute atomic E-state index is 0.563. The molecular formula is C9H16O2. The molecule has 0 aromatic rings. The second-order valence-electron chi connectivity index (χ2n) is 3.25. The lowest BCUT2D eigenvalue weighted by molar-refractivity contribution is -0.0654. The minimum Gasteiger partial charge on any atom is -0.390 e. The van der Waals surface area contributed by atoms with Gasteiger partial charge in [-0.05, 0) is 19.8 Å². The van der Waals surface area contributed by atoms with Gasteiger partial charge in [-0.3, -0.25) is 0 Å². The van der Waals surface area contributed by atoms with E-state index >= 15 is 0 Å². The van der Waals surface area contributed by atoms with E-state index in [0.29, 0.717) is 6.42 Å². The fraction of sp³-hybridized carbons (Fsp3) is 0.778. The molecule has 1 aliphatic carbocycles. The SMILES string of the molecule is CC=CC1(O)CCCCC1O. The largest absolute Gasteiger partial charge is 0.390 e. The van der Waals surface area contributed by atoms with Crippen LogP contribution in [-0.2, 0) is 0 Å². The lowest BCUT2D eigenvalue weighted by atomic mass is 9.82. The standard InChI is InChI=1S/C9H16O2/c1-2-6-9(11)7-4-3-5-8(9)10/h2,6,8,10-11H,3-5,7H2,1H3. The average Bonchev–Trinajstić information content (AvgIpc) is 1.96. The second kappa shape index (κ2) is 3.37. The summed E-state index contributed by atoms with van der Waals surface area (Å²) >= 11 is 0. The molecule has 0 aromatic heterocycles. The molecule has 2 unspecified atom stereocenters. The molecule has 0 amide bonds. The van der Waals surface area contributed by atoms with Crippen LogP contribution in [0.3, 0.4) is 0 Å². The van der Waals surface area contributed by atoms with Crippen LogP contribution in [0.1, 0.15) is 32.6 Å². The van der Waals surface area contributed by atoms with Gasteiger partial charge >= 0.3 is 0 Å². The first-order chi connectivity index (χ1) is 5.19. The highest BCUT2D eigenvalue weighted by molar-refractivity contribution is 5.05. The molecule has 2 N–H and O–H groups in total. The maximum Gasteiger partial charge on any atom is 0.108 e. The molecule has 0 aromatic carbocycles. The molecule has 1 rings (SSSR count). The van der Waals surface area contributed by atoms with Gasteiger partial charge < -0.3 is 10.2 Å². The summed E-state index contributed by atoms with van der Waals surface area (Å²) in [7, 11) is 0. The van der Waals surface area contributed by atoms with Gasteiger partial charge in [-0.2, -0.15) is 0 Å². The topological polar surface area (TPSA) is 40.5 Å². The monoisotopic (exact) mass is 156 g/mol. The summed E-state index contributed by atoms with van der Waals surface area (Å²) in [6.07, 6.45) is 6.40. The Kier molecular flexibility index (Phi) is 2.68. The smallest absolute Gasteiger partial charge is 0.108 e. The van der Waals surface area contributed by atoms with E-state index < -0.39 is 11.7 Å². The quantitative estimate of drug-likeness (QED) is 0.560. The molecule has 11 heavy (non-hydrogen) atoms. The summed E-state index contributed by atoms with van der Waals surface area (Å²) in [5.41, 5.74) is -0.937. The van der Waals surface area contributed by atoms with Crippen LogP contribution in [0.25, 0.3) is 0 Å². The van der Waals surface area contributed by atoms with Crippen LogP contribution in [0.2, 0.25) is 0 Å². The van der Waals surface area contributed by atoms with Gasteiger partial charge in [0, 0.05) is 0 Å². The van der Waals surface area contributed by atoms with Crippen LogP contribution in [0.5, 0.6) is 0 Å². The first-order valence-electron chi connectivity index (χ1n) is 4.23. The molecule has 1 fully saturated rings. The highest BCUT2D eigenvalue weighted by atomic mass is 16.3. The molecule has 2 heteroatoms. The summed E-state index contributed by atoms with van der Waals surface area (Å²) in [6.45, 7) is 1.86. The Morgan fingerprint density at radius 3 is 2.73 bits per heavy atom. The fourth-order valence-electron chi connectivity index (χ4n) is 1.65. The molecule has 0 saturated heterocycles. The molecule has 1 saturated carbocycles. The molecule has 0 bridgehead atoms. The van der Waals surface area contributed by atoms with Crippen molar-refractivity contribution in [1.29, 1.82) is 0 Å². The van der Waals surface area contributed by atoms with Crippen LogP contribution >= 0.6 is 0 Å². The van der Waals surface area contributed by atoms with Crippen LogP contribution in [0.4, 0.5) is 0 Å². The first-order valence-corrected chi connectivity index (χ1v) is 4.23. The molecule has 0 radical (unpaired) electrons. The Morgan fingerprint density at radius 2 is 2.18 bits per heavy atom. The number of rotatable bonds is 1. The van der Waals surface area contributed by atoms with Crippen molar-refractivity contribution in [3.8, 4) is 0 Å². The van der Waals surface area contributed by atoms with Crippen molar-refractivity contribution in [3.63, 3.8) is 0 Å². The maximum atomic E-state index is 9.80. The average molecular weight is 156 g/mol. The summed E-state index contributed by atoms with van der Waals surface area (Å²) in [6, 6.07) is 0. The van der Waals surface area contributed by atoms with Gasteiger partial charge in [-0.15, -0.1) is 0 Å². The molecule has 2 nitrogen and oxygen atoms in total. The van der Waals surface area contributed by atoms with E-state index in [1.165, 1.54) is 0 Å². The zero-order valence-electron chi connectivity index (χ0n) is 6.95. The molecule has 0 aliphatic heterocycles. The Morgan fingerprint density at radius 1 is 1.45 bits per heavy atom. The zero-order chi connectivity index (χ0) is 8.32. The van der Waals surface area contributed by atoms with E-state index in [2.05, 4.69) is 0 Å². The maximum absolute atomic E-state index is 9.80. The molecule has 0 heterocycles. The van der Waals surface area contributed by atoms with E-state index in [4.69, 9.17) is 0 Å². The van der Waals surface area contributed by atoms with Gasteiger partial charge in [0.1, 0.15) is 5.60 Å². The van der Waals surface area contributed by atoms with Gasteiger partial charge in [-0.1, -0.05) is 25.0 Å². The lowest BCUT2D eigenvalue weighted by Crippen LogP contribution is -2.42. The van der Waals surface area contributed by atoms with E-state index in [-0.39, 0.29) is 0 Å². The van der Waals surface area contributed by atoms with E-state index in [1.807, 2.05) is 6.92 Å². The number of hydrogen-bond acceptors (Lipinski definition) is 2. The third kappa shape index (κ3) is 1.82. The summed E-state index contributed by atoms with van der Waals surface area (Å²) in [5, 5.41) is 19.3. The number of aliphatic hydroxyl groups is 2. The second-order valence-corrected chi connectivity index (χ2v) is 3.25. The zero-order valence-corrected chi connectivity index (χ0v) is 6.95. The Labute approximate surface area is 67.6 Å². The third-order valence-corrected chi connectivity index (χ3v) is 2.34. The minimum atomic E-state index is -0.937. The van der Waals surface area contributed by atoms with Crippen molar-refractivity contribution in [2.45, 2.75) is 44.3 Å². The van der Waals surface area contributed by atoms with Gasteiger partial charge in [0.15, 0.2) is 0 Å². The number of aliphatic hydroxyl groups excluding tert-OH is 1. The fourth-order valence-corrected chi connectivity index (χ4v) is 1.65. The van der Waals surface area contributed by atoms with Gasteiger partial charge in [0.2, 0.25) is 0 Å². The van der Waals surface area contributed by atoms with Crippen LogP contribution < -0.4 is 0 Å². The van der Waals surface area contributed by atoms with Crippen molar-refractivity contribution in [1.82, 2.24) is 0 Å². The molecular weight excluding hydrogens is 140 g/mol. The van der Waals surface area contributed by atoms with Gasteiger partial charge in [0.25, 0.3) is 0 Å². The third-order valence-electron chi connectivity index (χ3n) is 2.34. The molecule has 1 aliphatic rings. The van der Waals surface area contributed by atoms with Crippen molar-refractivity contribution in [2.24, 2.45) is 0 Å². The molecule has 2 atom stereocenters. The number of allylic oxidation sites excluding steroid dienone is 1. The van der Waals surface area contributed by atoms with Crippen molar-refractivity contribution in [3.05, 3.63) is 12.2 Å². The van der Waals surface area contributed by atoms with E-state index in [9.17, 15) is 10.2 Å². The Balaban J connectivity index is 2.64. The molecule has 0 spiro atoms. The summed E-state index contributed by atoms with van der Waals surface area (Å²) in [5.74, 6) is 0. The van der Waals surface area contributed by atoms with E-state index in [0.717, 1.165) is 19.3 Å². The normalized spacial score (nSPS) is 39.7. The number of hydrogen-bond donors (Lipinski definition) is 2.